The molecule has 1 rings (SSSR count). The van der Waals surface area contributed by atoms with Crippen LogP contribution in [0.5, 0.6) is 0 Å². The third-order valence-electron chi connectivity index (χ3n) is 2.03. The van der Waals surface area contributed by atoms with Gasteiger partial charge in [-0.3, -0.25) is 14.9 Å². The summed E-state index contributed by atoms with van der Waals surface area (Å²) in [6.07, 6.45) is 1.13. The lowest BCUT2D eigenvalue weighted by Crippen LogP contribution is -2.25. The number of nitro groups is 1. The standard InChI is InChI=1S/C8H13N7O3/c1-4(2-5(9)16)13-7-6(15(17)18)8(14-10)12-3-11-7/h3-4H,2,10H2,1H3,(H2,9,16)(H2,11,12,13,14). The number of primary amides is 1. The Kier molecular flexibility index (Phi) is 4.32. The summed E-state index contributed by atoms with van der Waals surface area (Å²) in [6.45, 7) is 1.64. The first-order valence-electron chi connectivity index (χ1n) is 4.96. The first kappa shape index (κ1) is 13.6. The second-order valence-electron chi connectivity index (χ2n) is 3.54. The number of carbonyl (C=O) groups excluding carboxylic acids is 1. The van der Waals surface area contributed by atoms with E-state index in [0.717, 1.165) is 6.33 Å². The first-order chi connectivity index (χ1) is 8.45. The van der Waals surface area contributed by atoms with Crippen LogP contribution in [-0.4, -0.2) is 26.8 Å². The molecule has 1 aromatic rings. The van der Waals surface area contributed by atoms with Gasteiger partial charge in [-0.25, -0.2) is 15.8 Å². The van der Waals surface area contributed by atoms with Gasteiger partial charge in [0, 0.05) is 12.5 Å². The molecule has 0 radical (unpaired) electrons. The summed E-state index contributed by atoms with van der Waals surface area (Å²) in [6, 6.07) is -0.401. The smallest absolute Gasteiger partial charge is 0.354 e. The lowest BCUT2D eigenvalue weighted by atomic mass is 10.2. The lowest BCUT2D eigenvalue weighted by molar-refractivity contribution is -0.383. The minimum Gasteiger partial charge on any atom is -0.370 e. The number of aromatic nitrogens is 2. The van der Waals surface area contributed by atoms with Crippen molar-refractivity contribution < 1.29 is 9.72 Å². The molecular formula is C8H13N7O3. The zero-order valence-corrected chi connectivity index (χ0v) is 9.58. The molecule has 0 aromatic carbocycles. The van der Waals surface area contributed by atoms with Gasteiger partial charge in [0.15, 0.2) is 0 Å². The van der Waals surface area contributed by atoms with Crippen LogP contribution in [0.25, 0.3) is 0 Å². The molecule has 0 aliphatic rings. The molecule has 1 unspecified atom stereocenters. The van der Waals surface area contributed by atoms with Gasteiger partial charge in [0.25, 0.3) is 0 Å². The molecule has 0 fully saturated rings. The van der Waals surface area contributed by atoms with Crippen LogP contribution in [0.4, 0.5) is 17.3 Å². The molecule has 18 heavy (non-hydrogen) atoms. The highest BCUT2D eigenvalue weighted by molar-refractivity contribution is 5.75. The molecule has 10 nitrogen and oxygen atoms in total. The largest absolute Gasteiger partial charge is 0.370 e. The number of nitrogen functional groups attached to an aromatic ring is 1. The number of nitrogens with zero attached hydrogens (tertiary/aromatic N) is 3. The maximum Gasteiger partial charge on any atom is 0.354 e. The van der Waals surface area contributed by atoms with Crippen LogP contribution < -0.4 is 22.3 Å². The SMILES string of the molecule is CC(CC(N)=O)Nc1ncnc(NN)c1[N+](=O)[O-]. The van der Waals surface area contributed by atoms with E-state index < -0.39 is 22.6 Å². The molecule has 0 spiro atoms. The van der Waals surface area contributed by atoms with Gasteiger partial charge in [-0.2, -0.15) is 0 Å². The molecule has 1 amide bonds. The minimum atomic E-state index is -0.672. The molecule has 98 valence electrons. The van der Waals surface area contributed by atoms with Crippen molar-refractivity contribution in [2.24, 2.45) is 11.6 Å². The predicted molar refractivity (Wildman–Crippen MR) is 63.4 cm³/mol. The van der Waals surface area contributed by atoms with E-state index in [2.05, 4.69) is 20.7 Å². The van der Waals surface area contributed by atoms with Gasteiger partial charge in [0.1, 0.15) is 6.33 Å². The van der Waals surface area contributed by atoms with Crippen molar-refractivity contribution in [3.63, 3.8) is 0 Å². The van der Waals surface area contributed by atoms with Crippen LogP contribution in [-0.2, 0) is 4.79 Å². The monoisotopic (exact) mass is 255 g/mol. The summed E-state index contributed by atoms with van der Waals surface area (Å²) in [7, 11) is 0. The highest BCUT2D eigenvalue weighted by atomic mass is 16.6. The Morgan fingerprint density at radius 2 is 2.17 bits per heavy atom. The molecule has 1 atom stereocenters. The predicted octanol–water partition coefficient (Wildman–Crippen LogP) is -0.654. The fourth-order valence-corrected chi connectivity index (χ4v) is 1.35. The number of amides is 1. The summed E-state index contributed by atoms with van der Waals surface area (Å²) in [5, 5.41) is 13.6. The van der Waals surface area contributed by atoms with E-state index in [1.807, 2.05) is 0 Å². The van der Waals surface area contributed by atoms with E-state index in [-0.39, 0.29) is 18.1 Å². The van der Waals surface area contributed by atoms with Crippen molar-refractivity contribution in [2.75, 3.05) is 10.7 Å². The van der Waals surface area contributed by atoms with Gasteiger partial charge in [0.05, 0.1) is 4.92 Å². The quantitative estimate of drug-likeness (QED) is 0.296. The van der Waals surface area contributed by atoms with E-state index in [1.165, 1.54) is 0 Å². The third-order valence-corrected chi connectivity index (χ3v) is 2.03. The topological polar surface area (TPSA) is 162 Å². The van der Waals surface area contributed by atoms with Crippen LogP contribution in [0.3, 0.4) is 0 Å². The van der Waals surface area contributed by atoms with Crippen molar-refractivity contribution in [3.05, 3.63) is 16.4 Å². The number of hydrazine groups is 1. The maximum atomic E-state index is 10.9. The Morgan fingerprint density at radius 1 is 1.56 bits per heavy atom. The lowest BCUT2D eigenvalue weighted by Gasteiger charge is -2.13. The highest BCUT2D eigenvalue weighted by Gasteiger charge is 2.23. The van der Waals surface area contributed by atoms with Gasteiger partial charge in [-0.1, -0.05) is 0 Å². The second-order valence-corrected chi connectivity index (χ2v) is 3.54. The van der Waals surface area contributed by atoms with Crippen molar-refractivity contribution >= 4 is 23.2 Å². The Morgan fingerprint density at radius 3 is 2.67 bits per heavy atom. The summed E-state index contributed by atoms with van der Waals surface area (Å²) in [5.41, 5.74) is 6.74. The summed E-state index contributed by atoms with van der Waals surface area (Å²) in [4.78, 5) is 28.3. The number of nitrogens with one attached hydrogen (secondary N) is 2. The van der Waals surface area contributed by atoms with Crippen LogP contribution in [0.15, 0.2) is 6.33 Å². The molecule has 0 saturated carbocycles. The minimum absolute atomic E-state index is 0.0204. The summed E-state index contributed by atoms with van der Waals surface area (Å²) >= 11 is 0. The Labute approximate surface area is 102 Å². The van der Waals surface area contributed by atoms with Gasteiger partial charge in [-0.05, 0) is 6.92 Å². The average molecular weight is 255 g/mol. The molecule has 1 aromatic heterocycles. The van der Waals surface area contributed by atoms with E-state index in [4.69, 9.17) is 11.6 Å². The fraction of sp³-hybridized carbons (Fsp3) is 0.375. The average Bonchev–Trinajstić information content (AvgIpc) is 2.26. The molecule has 0 aliphatic carbocycles. The van der Waals surface area contributed by atoms with E-state index in [0.29, 0.717) is 0 Å². The molecule has 1 heterocycles. The Hall–Kier alpha value is -2.49. The third kappa shape index (κ3) is 3.25. The van der Waals surface area contributed by atoms with Crippen LogP contribution >= 0.6 is 0 Å². The maximum absolute atomic E-state index is 10.9. The Bertz CT molecular complexity index is 464. The van der Waals surface area contributed by atoms with Crippen LogP contribution in [0, 0.1) is 10.1 Å². The number of nitrogens with two attached hydrogens (primary N) is 2. The highest BCUT2D eigenvalue weighted by Crippen LogP contribution is 2.28. The molecular weight excluding hydrogens is 242 g/mol. The number of rotatable bonds is 6. The van der Waals surface area contributed by atoms with Crippen LogP contribution in [0.1, 0.15) is 13.3 Å². The van der Waals surface area contributed by atoms with Gasteiger partial charge >= 0.3 is 5.69 Å². The zero-order valence-electron chi connectivity index (χ0n) is 9.58. The number of hydrogen-bond donors (Lipinski definition) is 4. The first-order valence-corrected chi connectivity index (χ1v) is 4.96. The van der Waals surface area contributed by atoms with Gasteiger partial charge in [-0.15, -0.1) is 0 Å². The number of anilines is 2. The molecule has 10 heteroatoms. The van der Waals surface area contributed by atoms with E-state index >= 15 is 0 Å². The van der Waals surface area contributed by atoms with Crippen molar-refractivity contribution in [1.82, 2.24) is 9.97 Å². The van der Waals surface area contributed by atoms with Gasteiger partial charge in [0.2, 0.25) is 17.5 Å². The molecule has 0 saturated heterocycles. The Balaban J connectivity index is 3.01. The number of carbonyl (C=O) groups is 1. The molecule has 0 bridgehead atoms. The van der Waals surface area contributed by atoms with Gasteiger partial charge < -0.3 is 16.5 Å². The second kappa shape index (κ2) is 5.72. The molecule has 0 aliphatic heterocycles. The van der Waals surface area contributed by atoms with Crippen molar-refractivity contribution in [2.45, 2.75) is 19.4 Å². The zero-order chi connectivity index (χ0) is 13.7. The summed E-state index contributed by atoms with van der Waals surface area (Å²) < 4.78 is 0. The summed E-state index contributed by atoms with van der Waals surface area (Å²) in [5.74, 6) is 4.45. The van der Waals surface area contributed by atoms with E-state index in [9.17, 15) is 14.9 Å². The van der Waals surface area contributed by atoms with Crippen LogP contribution in [0.2, 0.25) is 0 Å². The number of hydrogen-bond acceptors (Lipinski definition) is 8. The van der Waals surface area contributed by atoms with Crippen molar-refractivity contribution in [1.29, 1.82) is 0 Å². The van der Waals surface area contributed by atoms with Crippen molar-refractivity contribution in [3.8, 4) is 0 Å². The fourth-order valence-electron chi connectivity index (χ4n) is 1.35. The normalized spacial score (nSPS) is 11.7. The van der Waals surface area contributed by atoms with E-state index in [1.54, 1.807) is 6.92 Å². The molecule has 6 N–H and O–H groups in total.